The van der Waals surface area contributed by atoms with Crippen LogP contribution in [0.1, 0.15) is 23.9 Å². The molecule has 0 radical (unpaired) electrons. The maximum absolute atomic E-state index is 9.76. The monoisotopic (exact) mass is 337 g/mol. The highest BCUT2D eigenvalue weighted by Gasteiger charge is 2.25. The van der Waals surface area contributed by atoms with Gasteiger partial charge in [0.2, 0.25) is 0 Å². The van der Waals surface area contributed by atoms with Crippen molar-refractivity contribution < 1.29 is 5.11 Å². The molecule has 0 aliphatic heterocycles. The quantitative estimate of drug-likeness (QED) is 0.881. The highest BCUT2D eigenvalue weighted by atomic mass is 79.9. The highest BCUT2D eigenvalue weighted by molar-refractivity contribution is 9.10. The van der Waals surface area contributed by atoms with Gasteiger partial charge in [-0.3, -0.25) is 10.00 Å². The van der Waals surface area contributed by atoms with Crippen molar-refractivity contribution in [2.24, 2.45) is 7.05 Å². The van der Waals surface area contributed by atoms with Gasteiger partial charge < -0.3 is 5.11 Å². The van der Waals surface area contributed by atoms with Crippen molar-refractivity contribution in [3.63, 3.8) is 0 Å². The molecule has 108 valence electrons. The van der Waals surface area contributed by atoms with E-state index in [0.717, 1.165) is 21.4 Å². The third-order valence-corrected chi connectivity index (χ3v) is 4.67. The van der Waals surface area contributed by atoms with Crippen LogP contribution in [0.4, 0.5) is 0 Å². The summed E-state index contributed by atoms with van der Waals surface area (Å²) >= 11 is 3.56. The Morgan fingerprint density at radius 3 is 2.50 bits per heavy atom. The third kappa shape index (κ3) is 2.95. The van der Waals surface area contributed by atoms with Gasteiger partial charge in [0.15, 0.2) is 0 Å². The molecular formula is C15H20BrN3O. The molecule has 1 aromatic carbocycles. The average molecular weight is 338 g/mol. The van der Waals surface area contributed by atoms with Gasteiger partial charge in [-0.2, -0.15) is 5.10 Å². The zero-order valence-electron chi connectivity index (χ0n) is 12.0. The first-order valence-corrected chi connectivity index (χ1v) is 7.36. The molecule has 0 aliphatic carbocycles. The Bertz CT molecular complexity index is 582. The number of nitrogens with zero attached hydrogens (tertiary/aromatic N) is 2. The first-order chi connectivity index (χ1) is 9.48. The second kappa shape index (κ2) is 6.08. The van der Waals surface area contributed by atoms with Crippen LogP contribution in [0, 0.1) is 6.92 Å². The van der Waals surface area contributed by atoms with E-state index in [1.165, 1.54) is 0 Å². The molecule has 4 nitrogen and oxygen atoms in total. The minimum Gasteiger partial charge on any atom is -0.394 e. The molecule has 20 heavy (non-hydrogen) atoms. The van der Waals surface area contributed by atoms with Crippen molar-refractivity contribution >= 4 is 15.9 Å². The smallest absolute Gasteiger partial charge is 0.0739 e. The van der Waals surface area contributed by atoms with Gasteiger partial charge >= 0.3 is 0 Å². The number of hydrogen-bond acceptors (Lipinski definition) is 3. The number of aliphatic hydroxyl groups is 1. The first-order valence-electron chi connectivity index (χ1n) is 6.57. The summed E-state index contributed by atoms with van der Waals surface area (Å²) in [4.78, 5) is 0. The van der Waals surface area contributed by atoms with Gasteiger partial charge in [0.25, 0.3) is 0 Å². The van der Waals surface area contributed by atoms with Gasteiger partial charge in [-0.25, -0.2) is 0 Å². The van der Waals surface area contributed by atoms with E-state index in [4.69, 9.17) is 0 Å². The SMILES string of the molecule is Cc1nn(C)c(CNC(C)(CO)c2ccccc2)c1Br. The number of rotatable bonds is 5. The van der Waals surface area contributed by atoms with Crippen LogP contribution in [0.15, 0.2) is 34.8 Å². The molecule has 0 bridgehead atoms. The lowest BCUT2D eigenvalue weighted by molar-refractivity contribution is 0.172. The van der Waals surface area contributed by atoms with Crippen molar-refractivity contribution in [1.82, 2.24) is 15.1 Å². The van der Waals surface area contributed by atoms with Crippen LogP contribution in [0.3, 0.4) is 0 Å². The molecule has 2 rings (SSSR count). The summed E-state index contributed by atoms with van der Waals surface area (Å²) in [5, 5.41) is 17.6. The summed E-state index contributed by atoms with van der Waals surface area (Å²) in [5.74, 6) is 0. The Balaban J connectivity index is 2.19. The van der Waals surface area contributed by atoms with E-state index in [-0.39, 0.29) is 6.61 Å². The number of hydrogen-bond donors (Lipinski definition) is 2. The molecule has 5 heteroatoms. The maximum Gasteiger partial charge on any atom is 0.0739 e. The fourth-order valence-corrected chi connectivity index (χ4v) is 2.68. The summed E-state index contributed by atoms with van der Waals surface area (Å²) in [6.07, 6.45) is 0. The second-order valence-corrected chi connectivity index (χ2v) is 5.97. The molecule has 0 saturated carbocycles. The van der Waals surface area contributed by atoms with Crippen LogP contribution in [0.2, 0.25) is 0 Å². The topological polar surface area (TPSA) is 50.1 Å². The van der Waals surface area contributed by atoms with E-state index in [9.17, 15) is 5.11 Å². The lowest BCUT2D eigenvalue weighted by Gasteiger charge is -2.29. The Hall–Kier alpha value is -1.17. The maximum atomic E-state index is 9.76. The molecule has 1 aromatic heterocycles. The van der Waals surface area contributed by atoms with Crippen molar-refractivity contribution in [2.45, 2.75) is 25.9 Å². The molecule has 2 aromatic rings. The third-order valence-electron chi connectivity index (χ3n) is 3.63. The van der Waals surface area contributed by atoms with Gasteiger partial charge in [0.05, 0.1) is 28.0 Å². The largest absolute Gasteiger partial charge is 0.394 e. The number of benzene rings is 1. The summed E-state index contributed by atoms with van der Waals surface area (Å²) in [7, 11) is 1.92. The lowest BCUT2D eigenvalue weighted by atomic mass is 9.93. The summed E-state index contributed by atoms with van der Waals surface area (Å²) in [5.41, 5.74) is 2.63. The minimum atomic E-state index is -0.473. The Kier molecular flexibility index (Phi) is 4.62. The normalized spacial score (nSPS) is 14.2. The molecule has 2 N–H and O–H groups in total. The molecule has 0 fully saturated rings. The van der Waals surface area contributed by atoms with Gasteiger partial charge in [0.1, 0.15) is 0 Å². The predicted molar refractivity (Wildman–Crippen MR) is 83.4 cm³/mol. The molecule has 1 unspecified atom stereocenters. The average Bonchev–Trinajstić information content (AvgIpc) is 2.71. The fourth-order valence-electron chi connectivity index (χ4n) is 2.21. The zero-order chi connectivity index (χ0) is 14.8. The molecule has 1 atom stereocenters. The molecule has 0 spiro atoms. The van der Waals surface area contributed by atoms with E-state index in [0.29, 0.717) is 6.54 Å². The molecule has 0 amide bonds. The van der Waals surface area contributed by atoms with Crippen LogP contribution >= 0.6 is 15.9 Å². The van der Waals surface area contributed by atoms with Crippen molar-refractivity contribution in [2.75, 3.05) is 6.61 Å². The fraction of sp³-hybridized carbons (Fsp3) is 0.400. The van der Waals surface area contributed by atoms with Crippen LogP contribution in [0.5, 0.6) is 0 Å². The lowest BCUT2D eigenvalue weighted by Crippen LogP contribution is -2.42. The van der Waals surface area contributed by atoms with E-state index in [1.807, 2.05) is 55.9 Å². The van der Waals surface area contributed by atoms with Gasteiger partial charge in [-0.15, -0.1) is 0 Å². The Labute approximate surface area is 127 Å². The predicted octanol–water partition coefficient (Wildman–Crippen LogP) is 2.49. The van der Waals surface area contributed by atoms with Gasteiger partial charge in [-0.05, 0) is 35.3 Å². The standard InChI is InChI=1S/C15H20BrN3O/c1-11-14(16)13(19(3)18-11)9-17-15(2,10-20)12-7-5-4-6-8-12/h4-8,17,20H,9-10H2,1-3H3. The molecular weight excluding hydrogens is 318 g/mol. The first kappa shape index (κ1) is 15.2. The van der Waals surface area contributed by atoms with Gasteiger partial charge in [-0.1, -0.05) is 30.3 Å². The molecule has 0 saturated heterocycles. The molecule has 0 aliphatic rings. The van der Waals surface area contributed by atoms with Crippen LogP contribution in [0.25, 0.3) is 0 Å². The summed E-state index contributed by atoms with van der Waals surface area (Å²) in [6, 6.07) is 9.98. The summed E-state index contributed by atoms with van der Waals surface area (Å²) in [6.45, 7) is 4.63. The van der Waals surface area contributed by atoms with Crippen LogP contribution in [-0.4, -0.2) is 21.5 Å². The number of aryl methyl sites for hydroxylation is 2. The second-order valence-electron chi connectivity index (χ2n) is 5.18. The number of halogens is 1. The van der Waals surface area contributed by atoms with Crippen LogP contribution in [-0.2, 0) is 19.1 Å². The summed E-state index contributed by atoms with van der Waals surface area (Å²) < 4.78 is 2.87. The van der Waals surface area contributed by atoms with E-state index < -0.39 is 5.54 Å². The number of aliphatic hydroxyl groups excluding tert-OH is 1. The van der Waals surface area contributed by atoms with Crippen molar-refractivity contribution in [3.05, 3.63) is 51.8 Å². The highest BCUT2D eigenvalue weighted by Crippen LogP contribution is 2.24. The number of nitrogens with one attached hydrogen (secondary N) is 1. The van der Waals surface area contributed by atoms with E-state index >= 15 is 0 Å². The van der Waals surface area contributed by atoms with Crippen LogP contribution < -0.4 is 5.32 Å². The zero-order valence-corrected chi connectivity index (χ0v) is 13.6. The van der Waals surface area contributed by atoms with Crippen molar-refractivity contribution in [1.29, 1.82) is 0 Å². The number of aromatic nitrogens is 2. The van der Waals surface area contributed by atoms with E-state index in [2.05, 4.69) is 26.3 Å². The van der Waals surface area contributed by atoms with Crippen molar-refractivity contribution in [3.8, 4) is 0 Å². The van der Waals surface area contributed by atoms with E-state index in [1.54, 1.807) is 0 Å². The Morgan fingerprint density at radius 1 is 1.35 bits per heavy atom. The minimum absolute atomic E-state index is 0.0332. The van der Waals surface area contributed by atoms with Gasteiger partial charge in [0, 0.05) is 13.6 Å². The molecule has 1 heterocycles. The Morgan fingerprint density at radius 2 is 2.00 bits per heavy atom.